The smallest absolute Gasteiger partial charge is 0.315 e. The van der Waals surface area contributed by atoms with E-state index in [1.165, 1.54) is 6.33 Å². The minimum absolute atomic E-state index is 0.0167. The van der Waals surface area contributed by atoms with E-state index >= 15 is 0 Å². The summed E-state index contributed by atoms with van der Waals surface area (Å²) < 4.78 is 7.58. The van der Waals surface area contributed by atoms with Crippen LogP contribution >= 0.6 is 0 Å². The summed E-state index contributed by atoms with van der Waals surface area (Å²) in [4.78, 5) is 16.0. The standard InChI is InChI=1S/C13H23N5O2/c1-12(2)6-9(13(3,4)20-12)17-11(19)14-7-10-15-8-16-18(10)5/h8-9H,6-7H2,1-5H3,(H2,14,17,19)/t9-/m1/s1. The summed E-state index contributed by atoms with van der Waals surface area (Å²) >= 11 is 0. The van der Waals surface area contributed by atoms with E-state index in [-0.39, 0.29) is 23.3 Å². The molecule has 2 heterocycles. The Morgan fingerprint density at radius 3 is 2.70 bits per heavy atom. The second kappa shape index (κ2) is 5.05. The van der Waals surface area contributed by atoms with Crippen LogP contribution in [0.5, 0.6) is 0 Å². The Morgan fingerprint density at radius 2 is 2.20 bits per heavy atom. The molecule has 1 atom stereocenters. The van der Waals surface area contributed by atoms with Crippen LogP contribution in [0, 0.1) is 0 Å². The molecule has 1 saturated heterocycles. The third-order valence-electron chi connectivity index (χ3n) is 3.59. The molecular weight excluding hydrogens is 258 g/mol. The summed E-state index contributed by atoms with van der Waals surface area (Å²) in [6.07, 6.45) is 2.25. The highest BCUT2D eigenvalue weighted by Crippen LogP contribution is 2.37. The molecular formula is C13H23N5O2. The van der Waals surface area contributed by atoms with Crippen LogP contribution in [0.1, 0.15) is 39.9 Å². The van der Waals surface area contributed by atoms with Gasteiger partial charge in [0.1, 0.15) is 12.2 Å². The van der Waals surface area contributed by atoms with Crippen molar-refractivity contribution in [3.8, 4) is 0 Å². The fourth-order valence-corrected chi connectivity index (χ4v) is 2.64. The lowest BCUT2D eigenvalue weighted by molar-refractivity contribution is -0.0690. The maximum absolute atomic E-state index is 12.0. The zero-order chi connectivity index (χ0) is 15.0. The summed E-state index contributed by atoms with van der Waals surface area (Å²) in [7, 11) is 1.79. The summed E-state index contributed by atoms with van der Waals surface area (Å²) in [5, 5.41) is 9.72. The first-order valence-electron chi connectivity index (χ1n) is 6.77. The Balaban J connectivity index is 1.87. The number of nitrogens with one attached hydrogen (secondary N) is 2. The van der Waals surface area contributed by atoms with Crippen LogP contribution in [-0.4, -0.2) is 38.0 Å². The van der Waals surface area contributed by atoms with Crippen molar-refractivity contribution in [1.29, 1.82) is 0 Å². The number of hydrogen-bond donors (Lipinski definition) is 2. The van der Waals surface area contributed by atoms with Crippen LogP contribution in [-0.2, 0) is 18.3 Å². The van der Waals surface area contributed by atoms with Crippen molar-refractivity contribution in [2.45, 2.75) is 57.9 Å². The highest BCUT2D eigenvalue weighted by molar-refractivity contribution is 5.74. The summed E-state index contributed by atoms with van der Waals surface area (Å²) in [5.41, 5.74) is -0.587. The number of carbonyl (C=O) groups is 1. The highest BCUT2D eigenvalue weighted by atomic mass is 16.5. The molecule has 1 aromatic heterocycles. The van der Waals surface area contributed by atoms with Crippen molar-refractivity contribution in [2.24, 2.45) is 7.05 Å². The van der Waals surface area contributed by atoms with Crippen LogP contribution in [0.25, 0.3) is 0 Å². The van der Waals surface area contributed by atoms with Crippen molar-refractivity contribution in [3.05, 3.63) is 12.2 Å². The van der Waals surface area contributed by atoms with Crippen LogP contribution < -0.4 is 10.6 Å². The molecule has 0 radical (unpaired) electrons. The molecule has 2 N–H and O–H groups in total. The van der Waals surface area contributed by atoms with Crippen LogP contribution in [0.4, 0.5) is 4.79 Å². The average Bonchev–Trinajstić information content (AvgIpc) is 2.77. The molecule has 1 aromatic rings. The van der Waals surface area contributed by atoms with Crippen LogP contribution in [0.3, 0.4) is 0 Å². The molecule has 1 aliphatic heterocycles. The predicted octanol–water partition coefficient (Wildman–Crippen LogP) is 0.960. The molecule has 7 nitrogen and oxygen atoms in total. The number of nitrogens with zero attached hydrogens (tertiary/aromatic N) is 3. The largest absolute Gasteiger partial charge is 0.367 e. The Labute approximate surface area is 119 Å². The molecule has 20 heavy (non-hydrogen) atoms. The predicted molar refractivity (Wildman–Crippen MR) is 74.0 cm³/mol. The normalized spacial score (nSPS) is 23.6. The van der Waals surface area contributed by atoms with Crippen molar-refractivity contribution in [3.63, 3.8) is 0 Å². The molecule has 1 fully saturated rings. The first kappa shape index (κ1) is 14.8. The lowest BCUT2D eigenvalue weighted by atomic mass is 9.95. The molecule has 112 valence electrons. The van der Waals surface area contributed by atoms with E-state index in [1.54, 1.807) is 11.7 Å². The first-order chi connectivity index (χ1) is 9.20. The average molecular weight is 281 g/mol. The van der Waals surface area contributed by atoms with Gasteiger partial charge in [-0.1, -0.05) is 0 Å². The number of rotatable bonds is 3. The minimum Gasteiger partial charge on any atom is -0.367 e. The molecule has 2 rings (SSSR count). The van der Waals surface area contributed by atoms with Crippen LogP contribution in [0.2, 0.25) is 0 Å². The van der Waals surface area contributed by atoms with Gasteiger partial charge in [0.25, 0.3) is 0 Å². The fourth-order valence-electron chi connectivity index (χ4n) is 2.64. The van der Waals surface area contributed by atoms with Gasteiger partial charge in [-0.05, 0) is 34.1 Å². The molecule has 0 aliphatic carbocycles. The van der Waals surface area contributed by atoms with Gasteiger partial charge in [0.05, 0.1) is 23.8 Å². The number of aryl methyl sites for hydroxylation is 1. The van der Waals surface area contributed by atoms with Gasteiger partial charge in [-0.2, -0.15) is 5.10 Å². The third kappa shape index (κ3) is 3.27. The second-order valence-electron chi connectivity index (χ2n) is 6.35. The molecule has 0 aromatic carbocycles. The number of aromatic nitrogens is 3. The number of hydrogen-bond acceptors (Lipinski definition) is 4. The molecule has 2 amide bonds. The van der Waals surface area contributed by atoms with Crippen molar-refractivity contribution >= 4 is 6.03 Å². The van der Waals surface area contributed by atoms with Gasteiger partial charge < -0.3 is 15.4 Å². The Morgan fingerprint density at radius 1 is 1.50 bits per heavy atom. The fraction of sp³-hybridized carbons (Fsp3) is 0.769. The summed E-state index contributed by atoms with van der Waals surface area (Å²) in [6.45, 7) is 8.41. The zero-order valence-electron chi connectivity index (χ0n) is 12.7. The van der Waals surface area contributed by atoms with Crippen molar-refractivity contribution in [2.75, 3.05) is 0 Å². The molecule has 0 spiro atoms. The molecule has 0 saturated carbocycles. The third-order valence-corrected chi connectivity index (χ3v) is 3.59. The lowest BCUT2D eigenvalue weighted by Crippen LogP contribution is -2.49. The van der Waals surface area contributed by atoms with Gasteiger partial charge >= 0.3 is 6.03 Å². The van der Waals surface area contributed by atoms with Gasteiger partial charge in [0, 0.05) is 7.05 Å². The molecule has 0 bridgehead atoms. The van der Waals surface area contributed by atoms with E-state index in [0.29, 0.717) is 12.4 Å². The Hall–Kier alpha value is -1.63. The molecule has 7 heteroatoms. The number of amides is 2. The van der Waals surface area contributed by atoms with Gasteiger partial charge in [-0.25, -0.2) is 9.78 Å². The second-order valence-corrected chi connectivity index (χ2v) is 6.35. The van der Waals surface area contributed by atoms with E-state index in [2.05, 4.69) is 20.7 Å². The Bertz CT molecular complexity index is 495. The first-order valence-corrected chi connectivity index (χ1v) is 6.77. The maximum Gasteiger partial charge on any atom is 0.315 e. The van der Waals surface area contributed by atoms with E-state index in [9.17, 15) is 4.79 Å². The highest BCUT2D eigenvalue weighted by Gasteiger charge is 2.46. The lowest BCUT2D eigenvalue weighted by Gasteiger charge is -2.27. The monoisotopic (exact) mass is 281 g/mol. The molecule has 1 aliphatic rings. The van der Waals surface area contributed by atoms with Gasteiger partial charge in [0.15, 0.2) is 0 Å². The Kier molecular flexibility index (Phi) is 3.73. The zero-order valence-corrected chi connectivity index (χ0v) is 12.7. The number of carbonyl (C=O) groups excluding carboxylic acids is 1. The summed E-state index contributed by atoms with van der Waals surface area (Å²) in [5.74, 6) is 0.711. The minimum atomic E-state index is -0.369. The van der Waals surface area contributed by atoms with E-state index in [4.69, 9.17) is 4.74 Å². The SMILES string of the molecule is Cn1ncnc1CNC(=O)N[C@@H]1CC(C)(C)OC1(C)C. The number of ether oxygens (including phenoxy) is 1. The summed E-state index contributed by atoms with van der Waals surface area (Å²) in [6, 6.07) is -0.232. The molecule has 0 unspecified atom stereocenters. The number of urea groups is 1. The quantitative estimate of drug-likeness (QED) is 0.864. The van der Waals surface area contributed by atoms with E-state index in [0.717, 1.165) is 6.42 Å². The van der Waals surface area contributed by atoms with Crippen molar-refractivity contribution in [1.82, 2.24) is 25.4 Å². The van der Waals surface area contributed by atoms with Gasteiger partial charge in [-0.3, -0.25) is 4.68 Å². The van der Waals surface area contributed by atoms with Crippen molar-refractivity contribution < 1.29 is 9.53 Å². The van der Waals surface area contributed by atoms with Gasteiger partial charge in [0.2, 0.25) is 0 Å². The topological polar surface area (TPSA) is 81.1 Å². The van der Waals surface area contributed by atoms with E-state index in [1.807, 2.05) is 27.7 Å². The van der Waals surface area contributed by atoms with Crippen LogP contribution in [0.15, 0.2) is 6.33 Å². The maximum atomic E-state index is 12.0. The van der Waals surface area contributed by atoms with E-state index < -0.39 is 0 Å². The van der Waals surface area contributed by atoms with Gasteiger partial charge in [-0.15, -0.1) is 0 Å².